The summed E-state index contributed by atoms with van der Waals surface area (Å²) in [6.07, 6.45) is 8.59. The van der Waals surface area contributed by atoms with E-state index >= 15 is 0 Å². The maximum atomic E-state index is 12.1. The van der Waals surface area contributed by atoms with Gasteiger partial charge in [-0.2, -0.15) is 0 Å². The summed E-state index contributed by atoms with van der Waals surface area (Å²) in [6.45, 7) is 8.15. The summed E-state index contributed by atoms with van der Waals surface area (Å²) in [5.41, 5.74) is 1.16. The van der Waals surface area contributed by atoms with Gasteiger partial charge in [0.15, 0.2) is 0 Å². The lowest BCUT2D eigenvalue weighted by Crippen LogP contribution is -2.31. The standard InChI is InChI=1S/C34H32Cl2N4O5/c1-5-20(3)33(16-22(18-37-33)26-14-24(39(42)43)10-12-30(26)35)28-8-7-9-29(32(28)41)34(21(4)6-2)17-23(19-38-34)27-15-25(40(44)45)11-13-31(27)36/h7-21,41H,5-6H2,1-4H3. The molecule has 45 heavy (non-hydrogen) atoms. The van der Waals surface area contributed by atoms with Crippen molar-refractivity contribution in [1.29, 1.82) is 0 Å². The molecule has 11 heteroatoms. The first kappa shape index (κ1) is 32.1. The Labute approximate surface area is 270 Å². The molecule has 4 atom stereocenters. The number of aliphatic imine (C=N–C) groups is 2. The lowest BCUT2D eigenvalue weighted by atomic mass is 9.72. The second kappa shape index (κ2) is 12.2. The van der Waals surface area contributed by atoms with Crippen LogP contribution in [0.4, 0.5) is 11.4 Å². The van der Waals surface area contributed by atoms with E-state index in [9.17, 15) is 25.3 Å². The van der Waals surface area contributed by atoms with E-state index in [1.807, 2.05) is 58.0 Å². The Morgan fingerprint density at radius 2 is 1.16 bits per heavy atom. The number of hydrogen-bond donors (Lipinski definition) is 1. The first-order valence-corrected chi connectivity index (χ1v) is 15.4. The van der Waals surface area contributed by atoms with Gasteiger partial charge in [-0.05, 0) is 36.1 Å². The number of nitrogens with zero attached hydrogens (tertiary/aromatic N) is 4. The van der Waals surface area contributed by atoms with Crippen LogP contribution in [-0.2, 0) is 11.1 Å². The van der Waals surface area contributed by atoms with Gasteiger partial charge in [-0.15, -0.1) is 0 Å². The molecule has 3 aromatic rings. The third kappa shape index (κ3) is 5.44. The van der Waals surface area contributed by atoms with Gasteiger partial charge >= 0.3 is 0 Å². The predicted octanol–water partition coefficient (Wildman–Crippen LogP) is 9.33. The molecular formula is C34H32Cl2N4O5. The normalized spacial score (nSPS) is 21.8. The largest absolute Gasteiger partial charge is 0.507 e. The molecule has 2 heterocycles. The molecule has 5 rings (SSSR count). The van der Waals surface area contributed by atoms with Gasteiger partial charge in [0.25, 0.3) is 11.4 Å². The highest BCUT2D eigenvalue weighted by Crippen LogP contribution is 2.52. The molecule has 2 aliphatic rings. The Kier molecular flexibility index (Phi) is 8.70. The second-order valence-electron chi connectivity index (χ2n) is 11.5. The zero-order valence-corrected chi connectivity index (χ0v) is 26.7. The van der Waals surface area contributed by atoms with E-state index in [1.165, 1.54) is 36.4 Å². The fraction of sp³-hybridized carbons (Fsp3) is 0.294. The summed E-state index contributed by atoms with van der Waals surface area (Å²) in [5, 5.41) is 35.9. The Morgan fingerprint density at radius 1 is 0.756 bits per heavy atom. The van der Waals surface area contributed by atoms with Gasteiger partial charge in [-0.25, -0.2) is 0 Å². The minimum Gasteiger partial charge on any atom is -0.507 e. The number of para-hydroxylation sites is 1. The van der Waals surface area contributed by atoms with Crippen LogP contribution in [0.2, 0.25) is 10.0 Å². The summed E-state index contributed by atoms with van der Waals surface area (Å²) in [7, 11) is 0. The van der Waals surface area contributed by atoms with Crippen LogP contribution >= 0.6 is 23.2 Å². The minimum atomic E-state index is -0.993. The maximum Gasteiger partial charge on any atom is 0.270 e. The van der Waals surface area contributed by atoms with E-state index < -0.39 is 20.9 Å². The van der Waals surface area contributed by atoms with Gasteiger partial charge in [0, 0.05) is 80.1 Å². The number of non-ortho nitro benzene ring substituents is 2. The van der Waals surface area contributed by atoms with E-state index in [2.05, 4.69) is 0 Å². The molecular weight excluding hydrogens is 615 g/mol. The number of hydrogen-bond acceptors (Lipinski definition) is 7. The lowest BCUT2D eigenvalue weighted by molar-refractivity contribution is -0.385. The number of phenolic OH excluding ortho intramolecular Hbond substituents is 1. The van der Waals surface area contributed by atoms with Gasteiger partial charge in [-0.3, -0.25) is 30.2 Å². The van der Waals surface area contributed by atoms with Crippen LogP contribution in [0.3, 0.4) is 0 Å². The van der Waals surface area contributed by atoms with Crippen molar-refractivity contribution >= 4 is 58.2 Å². The molecule has 0 saturated heterocycles. The van der Waals surface area contributed by atoms with Crippen LogP contribution in [0.25, 0.3) is 11.1 Å². The number of nitro benzene ring substituents is 2. The first-order valence-electron chi connectivity index (χ1n) is 14.7. The van der Waals surface area contributed by atoms with Gasteiger partial charge in [-0.1, -0.05) is 81.9 Å². The first-order chi connectivity index (χ1) is 21.4. The van der Waals surface area contributed by atoms with Crippen LogP contribution in [0, 0.1) is 32.1 Å². The zero-order chi connectivity index (χ0) is 32.7. The van der Waals surface area contributed by atoms with Crippen molar-refractivity contribution in [3.63, 3.8) is 0 Å². The van der Waals surface area contributed by atoms with Gasteiger partial charge in [0.1, 0.15) is 16.8 Å². The quantitative estimate of drug-likeness (QED) is 0.173. The van der Waals surface area contributed by atoms with Crippen molar-refractivity contribution < 1.29 is 15.0 Å². The van der Waals surface area contributed by atoms with Crippen molar-refractivity contribution in [1.82, 2.24) is 0 Å². The smallest absolute Gasteiger partial charge is 0.270 e. The van der Waals surface area contributed by atoms with Crippen molar-refractivity contribution in [2.24, 2.45) is 21.8 Å². The Balaban J connectivity index is 1.68. The SMILES string of the molecule is CCC(C)C1(c2cccc(C3(C(C)CC)C=C(c4cc([N+](=O)[O-])ccc4Cl)C=N3)c2O)C=C(c2cc([N+](=O)[O-])ccc2Cl)C=N1. The van der Waals surface area contributed by atoms with Gasteiger partial charge in [0.05, 0.1) is 9.85 Å². The van der Waals surface area contributed by atoms with Crippen LogP contribution in [0.15, 0.2) is 76.7 Å². The number of benzene rings is 3. The third-order valence-corrected chi connectivity index (χ3v) is 9.81. The number of nitro groups is 2. The minimum absolute atomic E-state index is 0.0256. The van der Waals surface area contributed by atoms with Crippen molar-refractivity contribution in [2.75, 3.05) is 0 Å². The van der Waals surface area contributed by atoms with Crippen LogP contribution in [0.1, 0.15) is 62.8 Å². The molecule has 1 N–H and O–H groups in total. The molecule has 4 unspecified atom stereocenters. The summed E-state index contributed by atoms with van der Waals surface area (Å²) in [6, 6.07) is 14.1. The highest BCUT2D eigenvalue weighted by molar-refractivity contribution is 6.34. The monoisotopic (exact) mass is 646 g/mol. The molecule has 0 fully saturated rings. The Morgan fingerprint density at radius 3 is 1.51 bits per heavy atom. The summed E-state index contributed by atoms with van der Waals surface area (Å²) >= 11 is 13.0. The van der Waals surface area contributed by atoms with E-state index in [-0.39, 0.29) is 29.0 Å². The molecule has 0 radical (unpaired) electrons. The molecule has 0 aromatic heterocycles. The van der Waals surface area contributed by atoms with Crippen LogP contribution < -0.4 is 0 Å². The lowest BCUT2D eigenvalue weighted by Gasteiger charge is -2.36. The summed E-state index contributed by atoms with van der Waals surface area (Å²) in [4.78, 5) is 32.0. The van der Waals surface area contributed by atoms with Crippen molar-refractivity contribution in [3.8, 4) is 5.75 Å². The molecule has 3 aromatic carbocycles. The van der Waals surface area contributed by atoms with Gasteiger partial charge < -0.3 is 5.11 Å². The Bertz CT molecular complexity index is 1710. The molecule has 9 nitrogen and oxygen atoms in total. The molecule has 0 amide bonds. The fourth-order valence-corrected chi connectivity index (χ4v) is 6.60. The molecule has 0 saturated carbocycles. The predicted molar refractivity (Wildman–Crippen MR) is 180 cm³/mol. The highest BCUT2D eigenvalue weighted by Gasteiger charge is 2.45. The summed E-state index contributed by atoms with van der Waals surface area (Å²) < 4.78 is 0. The van der Waals surface area contributed by atoms with Crippen LogP contribution in [-0.4, -0.2) is 27.4 Å². The van der Waals surface area contributed by atoms with E-state index in [1.54, 1.807) is 12.4 Å². The summed E-state index contributed by atoms with van der Waals surface area (Å²) in [5.74, 6) is -0.129. The maximum absolute atomic E-state index is 12.1. The zero-order valence-electron chi connectivity index (χ0n) is 25.2. The average molecular weight is 648 g/mol. The van der Waals surface area contributed by atoms with Crippen molar-refractivity contribution in [3.05, 3.63) is 119 Å². The Hall–Kier alpha value is -4.34. The number of halogens is 2. The molecule has 0 bridgehead atoms. The molecule has 0 spiro atoms. The van der Waals surface area contributed by atoms with Gasteiger partial charge in [0.2, 0.25) is 0 Å². The number of aromatic hydroxyl groups is 1. The number of rotatable bonds is 10. The molecule has 0 aliphatic carbocycles. The van der Waals surface area contributed by atoms with E-state index in [4.69, 9.17) is 33.2 Å². The molecule has 232 valence electrons. The van der Waals surface area contributed by atoms with Crippen LogP contribution in [0.5, 0.6) is 5.75 Å². The number of allylic oxidation sites excluding steroid dienone is 2. The van der Waals surface area contributed by atoms with E-state index in [0.717, 1.165) is 12.8 Å². The fourth-order valence-electron chi connectivity index (χ4n) is 6.14. The van der Waals surface area contributed by atoms with Crippen molar-refractivity contribution in [2.45, 2.75) is 51.6 Å². The topological polar surface area (TPSA) is 131 Å². The average Bonchev–Trinajstić information content (AvgIpc) is 3.67. The third-order valence-electron chi connectivity index (χ3n) is 9.16. The highest BCUT2D eigenvalue weighted by atomic mass is 35.5. The molecule has 2 aliphatic heterocycles. The number of phenols is 1. The second-order valence-corrected chi connectivity index (χ2v) is 12.3. The van der Waals surface area contributed by atoms with E-state index in [0.29, 0.717) is 43.4 Å².